The molecule has 1 aromatic heterocycles. The highest BCUT2D eigenvalue weighted by molar-refractivity contribution is 5.75. The maximum absolute atomic E-state index is 11.4. The van der Waals surface area contributed by atoms with Gasteiger partial charge in [-0.25, -0.2) is 4.79 Å². The van der Waals surface area contributed by atoms with E-state index in [1.807, 2.05) is 43.3 Å². The molecule has 2 heterocycles. The standard InChI is InChI=1S/C21H26N4O3/c1-14(20(26)15-7-8-16-17(13-15)23-21(27)22-16)24-9-11-25(12-10-24)18-5-3-4-6-19(18)28-2/h3-8,13-14,20,26H,9-12H2,1-2H3,(H2,22,23,27). The minimum Gasteiger partial charge on any atom is -0.495 e. The van der Waals surface area contributed by atoms with E-state index in [1.165, 1.54) is 0 Å². The molecule has 2 aromatic carbocycles. The van der Waals surface area contributed by atoms with E-state index >= 15 is 0 Å². The molecule has 0 radical (unpaired) electrons. The van der Waals surface area contributed by atoms with Crippen molar-refractivity contribution in [3.8, 4) is 5.75 Å². The number of fused-ring (bicyclic) bond motifs is 1. The molecule has 1 aliphatic rings. The molecule has 1 fully saturated rings. The molecular formula is C21H26N4O3. The van der Waals surface area contributed by atoms with E-state index in [4.69, 9.17) is 4.74 Å². The normalized spacial score (nSPS) is 17.6. The fraction of sp³-hybridized carbons (Fsp3) is 0.381. The fourth-order valence-corrected chi connectivity index (χ4v) is 3.97. The number of para-hydroxylation sites is 2. The summed E-state index contributed by atoms with van der Waals surface area (Å²) in [6, 6.07) is 13.6. The van der Waals surface area contributed by atoms with Gasteiger partial charge in [-0.1, -0.05) is 18.2 Å². The molecule has 0 bridgehead atoms. The highest BCUT2D eigenvalue weighted by atomic mass is 16.5. The number of aliphatic hydroxyl groups is 1. The summed E-state index contributed by atoms with van der Waals surface area (Å²) in [4.78, 5) is 21.6. The number of hydrogen-bond acceptors (Lipinski definition) is 5. The number of methoxy groups -OCH3 is 1. The molecule has 0 spiro atoms. The zero-order valence-electron chi connectivity index (χ0n) is 16.2. The fourth-order valence-electron chi connectivity index (χ4n) is 3.97. The van der Waals surface area contributed by atoms with Crippen molar-refractivity contribution in [2.45, 2.75) is 19.1 Å². The summed E-state index contributed by atoms with van der Waals surface area (Å²) in [5.41, 5.74) is 3.15. The lowest BCUT2D eigenvalue weighted by molar-refractivity contribution is 0.0546. The summed E-state index contributed by atoms with van der Waals surface area (Å²) < 4.78 is 5.48. The van der Waals surface area contributed by atoms with Crippen LogP contribution in [0.2, 0.25) is 0 Å². The second kappa shape index (κ2) is 7.69. The predicted molar refractivity (Wildman–Crippen MR) is 110 cm³/mol. The predicted octanol–water partition coefficient (Wildman–Crippen LogP) is 2.11. The van der Waals surface area contributed by atoms with Crippen molar-refractivity contribution in [1.29, 1.82) is 0 Å². The number of H-pyrrole nitrogens is 2. The van der Waals surface area contributed by atoms with Crippen molar-refractivity contribution in [1.82, 2.24) is 14.9 Å². The topological polar surface area (TPSA) is 84.6 Å². The van der Waals surface area contributed by atoms with Crippen LogP contribution in [0.1, 0.15) is 18.6 Å². The Labute approximate surface area is 163 Å². The third-order valence-electron chi connectivity index (χ3n) is 5.65. The molecule has 148 valence electrons. The third-order valence-corrected chi connectivity index (χ3v) is 5.65. The summed E-state index contributed by atoms with van der Waals surface area (Å²) in [5.74, 6) is 0.887. The smallest absolute Gasteiger partial charge is 0.323 e. The quantitative estimate of drug-likeness (QED) is 0.629. The summed E-state index contributed by atoms with van der Waals surface area (Å²) in [5, 5.41) is 10.9. The molecule has 1 aliphatic heterocycles. The van der Waals surface area contributed by atoms with E-state index in [1.54, 1.807) is 7.11 Å². The lowest BCUT2D eigenvalue weighted by Gasteiger charge is -2.40. The third kappa shape index (κ3) is 3.50. The van der Waals surface area contributed by atoms with Crippen molar-refractivity contribution in [3.05, 3.63) is 58.5 Å². The number of ether oxygens (including phenoxy) is 1. The van der Waals surface area contributed by atoms with Crippen LogP contribution in [0.15, 0.2) is 47.3 Å². The van der Waals surface area contributed by atoms with Crippen molar-refractivity contribution in [3.63, 3.8) is 0 Å². The van der Waals surface area contributed by atoms with Gasteiger partial charge in [0.2, 0.25) is 0 Å². The van der Waals surface area contributed by atoms with Gasteiger partial charge in [0.1, 0.15) is 5.75 Å². The van der Waals surface area contributed by atoms with Crippen LogP contribution >= 0.6 is 0 Å². The average molecular weight is 382 g/mol. The summed E-state index contributed by atoms with van der Waals surface area (Å²) >= 11 is 0. The van der Waals surface area contributed by atoms with Crippen LogP contribution in [-0.2, 0) is 0 Å². The Balaban J connectivity index is 1.44. The van der Waals surface area contributed by atoms with Gasteiger partial charge in [-0.2, -0.15) is 0 Å². The van der Waals surface area contributed by atoms with E-state index in [9.17, 15) is 9.90 Å². The highest BCUT2D eigenvalue weighted by Gasteiger charge is 2.27. The Bertz CT molecular complexity index is 1000. The number of aromatic nitrogens is 2. The van der Waals surface area contributed by atoms with Crippen molar-refractivity contribution in [2.75, 3.05) is 38.2 Å². The molecule has 0 saturated carbocycles. The number of anilines is 1. The Morgan fingerprint density at radius 2 is 1.75 bits per heavy atom. The summed E-state index contributed by atoms with van der Waals surface area (Å²) in [7, 11) is 1.70. The SMILES string of the molecule is COc1ccccc1N1CCN(C(C)C(O)c2ccc3[nH]c(=O)[nH]c3c2)CC1. The number of nitrogens with zero attached hydrogens (tertiary/aromatic N) is 2. The summed E-state index contributed by atoms with van der Waals surface area (Å²) in [6.45, 7) is 5.52. The van der Waals surface area contributed by atoms with Gasteiger partial charge in [0.25, 0.3) is 0 Å². The number of benzene rings is 2. The van der Waals surface area contributed by atoms with Gasteiger partial charge in [0.15, 0.2) is 0 Å². The van der Waals surface area contributed by atoms with Gasteiger partial charge >= 0.3 is 5.69 Å². The second-order valence-corrected chi connectivity index (χ2v) is 7.26. The monoisotopic (exact) mass is 382 g/mol. The molecule has 2 unspecified atom stereocenters. The van der Waals surface area contributed by atoms with Gasteiger partial charge in [0.05, 0.1) is 29.9 Å². The van der Waals surface area contributed by atoms with E-state index in [0.717, 1.165) is 54.2 Å². The highest BCUT2D eigenvalue weighted by Crippen LogP contribution is 2.30. The van der Waals surface area contributed by atoms with Gasteiger partial charge in [-0.05, 0) is 36.8 Å². The molecule has 7 heteroatoms. The Kier molecular flexibility index (Phi) is 5.11. The average Bonchev–Trinajstić information content (AvgIpc) is 3.12. The van der Waals surface area contributed by atoms with Gasteiger partial charge < -0.3 is 24.7 Å². The van der Waals surface area contributed by atoms with Crippen LogP contribution in [0.3, 0.4) is 0 Å². The zero-order valence-corrected chi connectivity index (χ0v) is 16.2. The van der Waals surface area contributed by atoms with Gasteiger partial charge in [-0.15, -0.1) is 0 Å². The minimum absolute atomic E-state index is 0.0251. The molecule has 7 nitrogen and oxygen atoms in total. The number of rotatable bonds is 5. The van der Waals surface area contributed by atoms with Crippen molar-refractivity contribution in [2.24, 2.45) is 0 Å². The van der Waals surface area contributed by atoms with Gasteiger partial charge in [-0.3, -0.25) is 4.90 Å². The van der Waals surface area contributed by atoms with Crippen LogP contribution < -0.4 is 15.3 Å². The first-order valence-electron chi connectivity index (χ1n) is 9.59. The molecule has 2 atom stereocenters. The minimum atomic E-state index is -0.624. The van der Waals surface area contributed by atoms with Crippen molar-refractivity contribution >= 4 is 16.7 Å². The second-order valence-electron chi connectivity index (χ2n) is 7.26. The Hall–Kier alpha value is -2.77. The zero-order chi connectivity index (χ0) is 19.7. The van der Waals surface area contributed by atoms with Crippen LogP contribution in [0.25, 0.3) is 11.0 Å². The van der Waals surface area contributed by atoms with E-state index < -0.39 is 6.10 Å². The molecule has 3 N–H and O–H groups in total. The molecule has 3 aromatic rings. The van der Waals surface area contributed by atoms with Crippen LogP contribution in [0, 0.1) is 0 Å². The number of hydrogen-bond donors (Lipinski definition) is 3. The Morgan fingerprint density at radius 3 is 2.50 bits per heavy atom. The van der Waals surface area contributed by atoms with E-state index in [0.29, 0.717) is 0 Å². The molecule has 0 amide bonds. The van der Waals surface area contributed by atoms with Crippen molar-refractivity contribution < 1.29 is 9.84 Å². The first-order chi connectivity index (χ1) is 13.6. The van der Waals surface area contributed by atoms with Crippen LogP contribution in [0.4, 0.5) is 5.69 Å². The number of imidazole rings is 1. The molecule has 0 aliphatic carbocycles. The van der Waals surface area contributed by atoms with E-state index in [-0.39, 0.29) is 11.7 Å². The number of aliphatic hydroxyl groups excluding tert-OH is 1. The molecule has 1 saturated heterocycles. The summed E-state index contributed by atoms with van der Waals surface area (Å²) in [6.07, 6.45) is -0.624. The molecule has 4 rings (SSSR count). The van der Waals surface area contributed by atoms with Gasteiger partial charge in [0, 0.05) is 32.2 Å². The first kappa shape index (κ1) is 18.6. The first-order valence-corrected chi connectivity index (χ1v) is 9.59. The lowest BCUT2D eigenvalue weighted by atomic mass is 10.0. The molecule has 28 heavy (non-hydrogen) atoms. The maximum atomic E-state index is 11.4. The lowest BCUT2D eigenvalue weighted by Crippen LogP contribution is -2.51. The largest absolute Gasteiger partial charge is 0.495 e. The molecular weight excluding hydrogens is 356 g/mol. The number of aromatic amines is 2. The number of piperazine rings is 1. The van der Waals surface area contributed by atoms with E-state index in [2.05, 4.69) is 25.8 Å². The van der Waals surface area contributed by atoms with Crippen LogP contribution in [-0.4, -0.2) is 59.3 Å². The van der Waals surface area contributed by atoms with Crippen LogP contribution in [0.5, 0.6) is 5.75 Å². The number of nitrogens with one attached hydrogen (secondary N) is 2. The Morgan fingerprint density at radius 1 is 1.04 bits per heavy atom. The maximum Gasteiger partial charge on any atom is 0.323 e.